The van der Waals surface area contributed by atoms with Crippen LogP contribution in [0.25, 0.3) is 11.0 Å². The number of imidazole rings is 1. The highest BCUT2D eigenvalue weighted by Crippen LogP contribution is 2.20. The van der Waals surface area contributed by atoms with Crippen molar-refractivity contribution in [3.63, 3.8) is 0 Å². The molecule has 1 aromatic carbocycles. The van der Waals surface area contributed by atoms with Gasteiger partial charge in [-0.25, -0.2) is 13.4 Å². The van der Waals surface area contributed by atoms with Gasteiger partial charge in [-0.05, 0) is 19.2 Å². The Labute approximate surface area is 93.8 Å². The Morgan fingerprint density at radius 2 is 2.19 bits per heavy atom. The van der Waals surface area contributed by atoms with Gasteiger partial charge in [0.25, 0.3) is 0 Å². The van der Waals surface area contributed by atoms with Gasteiger partial charge >= 0.3 is 0 Å². The lowest BCUT2D eigenvalue weighted by atomic mass is 10.3. The second-order valence-electron chi connectivity index (χ2n) is 3.64. The highest BCUT2D eigenvalue weighted by atomic mass is 32.2. The first kappa shape index (κ1) is 11.1. The number of benzene rings is 1. The third-order valence-electron chi connectivity index (χ3n) is 2.27. The van der Waals surface area contributed by atoms with E-state index in [4.69, 9.17) is 0 Å². The maximum absolute atomic E-state index is 11.5. The summed E-state index contributed by atoms with van der Waals surface area (Å²) in [7, 11) is -1.42. The zero-order valence-corrected chi connectivity index (χ0v) is 9.93. The van der Waals surface area contributed by atoms with Gasteiger partial charge in [0.15, 0.2) is 9.84 Å². The summed E-state index contributed by atoms with van der Waals surface area (Å²) < 4.78 is 23.1. The maximum atomic E-state index is 11.5. The largest absolute Gasteiger partial charge is 0.341 e. The second kappa shape index (κ2) is 3.88. The lowest BCUT2D eigenvalue weighted by molar-refractivity contribution is 0.602. The Bertz CT molecular complexity index is 616. The fourth-order valence-electron chi connectivity index (χ4n) is 1.61. The van der Waals surface area contributed by atoms with E-state index in [2.05, 4.69) is 15.3 Å². The van der Waals surface area contributed by atoms with Crippen molar-refractivity contribution in [3.05, 3.63) is 24.0 Å². The predicted octanol–water partition coefficient (Wildman–Crippen LogP) is 0.686. The Hall–Kier alpha value is -1.40. The molecule has 1 heterocycles. The van der Waals surface area contributed by atoms with E-state index >= 15 is 0 Å². The van der Waals surface area contributed by atoms with Gasteiger partial charge in [-0.1, -0.05) is 6.07 Å². The van der Waals surface area contributed by atoms with Gasteiger partial charge in [-0.2, -0.15) is 0 Å². The Morgan fingerprint density at radius 1 is 1.44 bits per heavy atom. The topological polar surface area (TPSA) is 74.8 Å². The highest BCUT2D eigenvalue weighted by Gasteiger charge is 2.14. The van der Waals surface area contributed by atoms with Crippen LogP contribution in [0, 0.1) is 0 Å². The average Bonchev–Trinajstić information content (AvgIpc) is 2.58. The highest BCUT2D eigenvalue weighted by molar-refractivity contribution is 7.91. The van der Waals surface area contributed by atoms with Crippen LogP contribution in [0.5, 0.6) is 0 Å². The second-order valence-corrected chi connectivity index (χ2v) is 5.62. The molecule has 16 heavy (non-hydrogen) atoms. The van der Waals surface area contributed by atoms with E-state index in [0.29, 0.717) is 12.1 Å². The number of para-hydroxylation sites is 1. The third kappa shape index (κ3) is 1.94. The van der Waals surface area contributed by atoms with Crippen LogP contribution >= 0.6 is 0 Å². The van der Waals surface area contributed by atoms with Crippen LogP contribution < -0.4 is 5.32 Å². The number of hydrogen-bond acceptors (Lipinski definition) is 4. The van der Waals surface area contributed by atoms with Gasteiger partial charge in [-0.3, -0.25) is 0 Å². The molecule has 2 rings (SSSR count). The Balaban J connectivity index is 2.68. The van der Waals surface area contributed by atoms with Crippen LogP contribution in [0.15, 0.2) is 23.1 Å². The molecule has 0 aliphatic carbocycles. The molecule has 0 fully saturated rings. The van der Waals surface area contributed by atoms with E-state index < -0.39 is 9.84 Å². The van der Waals surface area contributed by atoms with Crippen LogP contribution in [-0.4, -0.2) is 31.7 Å². The van der Waals surface area contributed by atoms with Crippen molar-refractivity contribution in [2.45, 2.75) is 11.4 Å². The van der Waals surface area contributed by atoms with Crippen molar-refractivity contribution in [2.75, 3.05) is 13.3 Å². The van der Waals surface area contributed by atoms with Gasteiger partial charge in [-0.15, -0.1) is 0 Å². The zero-order valence-electron chi connectivity index (χ0n) is 9.11. The van der Waals surface area contributed by atoms with E-state index in [0.717, 1.165) is 11.3 Å². The molecule has 0 amide bonds. The van der Waals surface area contributed by atoms with Gasteiger partial charge in [0.05, 0.1) is 17.0 Å². The number of hydrogen-bond donors (Lipinski definition) is 2. The number of sulfone groups is 1. The molecule has 0 saturated heterocycles. The minimum atomic E-state index is -3.23. The number of nitrogens with zero attached hydrogens (tertiary/aromatic N) is 1. The lowest BCUT2D eigenvalue weighted by Crippen LogP contribution is -2.06. The molecule has 1 aromatic heterocycles. The molecule has 2 N–H and O–H groups in total. The lowest BCUT2D eigenvalue weighted by Gasteiger charge is -1.97. The molecule has 0 saturated carbocycles. The average molecular weight is 239 g/mol. The molecular formula is C10H13N3O2S. The summed E-state index contributed by atoms with van der Waals surface area (Å²) in [6, 6.07) is 5.10. The Kier molecular flexibility index (Phi) is 2.69. The first-order valence-electron chi connectivity index (χ1n) is 4.84. The molecule has 0 bridgehead atoms. The Morgan fingerprint density at radius 3 is 2.81 bits per heavy atom. The minimum absolute atomic E-state index is 0.267. The molecule has 0 aliphatic heterocycles. The summed E-state index contributed by atoms with van der Waals surface area (Å²) >= 11 is 0. The molecule has 0 radical (unpaired) electrons. The smallest absolute Gasteiger partial charge is 0.177 e. The molecule has 5 nitrogen and oxygen atoms in total. The van der Waals surface area contributed by atoms with Crippen molar-refractivity contribution >= 4 is 20.9 Å². The summed E-state index contributed by atoms with van der Waals surface area (Å²) in [5.41, 5.74) is 1.25. The number of H-pyrrole nitrogens is 1. The van der Waals surface area contributed by atoms with Crippen molar-refractivity contribution in [1.29, 1.82) is 0 Å². The zero-order chi connectivity index (χ0) is 11.8. The van der Waals surface area contributed by atoms with Gasteiger partial charge in [0.2, 0.25) is 0 Å². The summed E-state index contributed by atoms with van der Waals surface area (Å²) in [6.45, 7) is 0.581. The number of aromatic amines is 1. The SMILES string of the molecule is CNCc1nc2c(S(C)(=O)=O)cccc2[nH]1. The first-order valence-corrected chi connectivity index (χ1v) is 6.74. The van der Waals surface area contributed by atoms with Gasteiger partial charge < -0.3 is 10.3 Å². The first-order chi connectivity index (χ1) is 7.52. The van der Waals surface area contributed by atoms with E-state index in [1.165, 1.54) is 6.26 Å². The molecule has 6 heteroatoms. The van der Waals surface area contributed by atoms with Crippen LogP contribution in [0.2, 0.25) is 0 Å². The summed E-state index contributed by atoms with van der Waals surface area (Å²) in [4.78, 5) is 7.61. The molecule has 0 aliphatic rings. The number of rotatable bonds is 3. The van der Waals surface area contributed by atoms with Crippen molar-refractivity contribution < 1.29 is 8.42 Å². The van der Waals surface area contributed by atoms with Gasteiger partial charge in [0, 0.05) is 6.26 Å². The quantitative estimate of drug-likeness (QED) is 0.826. The van der Waals surface area contributed by atoms with Crippen molar-refractivity contribution in [2.24, 2.45) is 0 Å². The molecular weight excluding hydrogens is 226 g/mol. The minimum Gasteiger partial charge on any atom is -0.341 e. The van der Waals surface area contributed by atoms with Gasteiger partial charge in [0.1, 0.15) is 11.3 Å². The maximum Gasteiger partial charge on any atom is 0.177 e. The molecule has 86 valence electrons. The monoisotopic (exact) mass is 239 g/mol. The summed E-state index contributed by atoms with van der Waals surface area (Å²) in [5.74, 6) is 0.730. The number of fused-ring (bicyclic) bond motifs is 1. The van der Waals surface area contributed by atoms with Crippen LogP contribution in [0.3, 0.4) is 0 Å². The molecule has 0 spiro atoms. The van der Waals surface area contributed by atoms with Crippen molar-refractivity contribution in [3.8, 4) is 0 Å². The van der Waals surface area contributed by atoms with E-state index in [-0.39, 0.29) is 4.90 Å². The van der Waals surface area contributed by atoms with Crippen LogP contribution in [0.1, 0.15) is 5.82 Å². The predicted molar refractivity (Wildman–Crippen MR) is 62.0 cm³/mol. The number of nitrogens with one attached hydrogen (secondary N) is 2. The third-order valence-corrected chi connectivity index (χ3v) is 3.40. The fraction of sp³-hybridized carbons (Fsp3) is 0.300. The van der Waals surface area contributed by atoms with Crippen LogP contribution in [0.4, 0.5) is 0 Å². The van der Waals surface area contributed by atoms with E-state index in [9.17, 15) is 8.42 Å². The van der Waals surface area contributed by atoms with E-state index in [1.807, 2.05) is 13.1 Å². The number of aromatic nitrogens is 2. The van der Waals surface area contributed by atoms with Crippen LogP contribution in [-0.2, 0) is 16.4 Å². The van der Waals surface area contributed by atoms with Crippen molar-refractivity contribution in [1.82, 2.24) is 15.3 Å². The molecule has 0 atom stereocenters. The standard InChI is InChI=1S/C10H13N3O2S/c1-11-6-9-12-7-4-3-5-8(10(7)13-9)16(2,14)15/h3-5,11H,6H2,1-2H3,(H,12,13). The summed E-state index contributed by atoms with van der Waals surface area (Å²) in [6.07, 6.45) is 1.19. The fourth-order valence-corrected chi connectivity index (χ4v) is 2.44. The van der Waals surface area contributed by atoms with E-state index in [1.54, 1.807) is 12.1 Å². The molecule has 2 aromatic rings. The summed E-state index contributed by atoms with van der Waals surface area (Å²) in [5, 5.41) is 2.96. The normalized spacial score (nSPS) is 12.1. The molecule has 0 unspecified atom stereocenters.